The second kappa shape index (κ2) is 9.21. The number of phenols is 1. The average Bonchev–Trinajstić information content (AvgIpc) is 2.93. The van der Waals surface area contributed by atoms with Gasteiger partial charge in [-0.2, -0.15) is 0 Å². The van der Waals surface area contributed by atoms with Crippen LogP contribution in [0.25, 0.3) is 0 Å². The number of nitrogens with one attached hydrogen (secondary N) is 1. The van der Waals surface area contributed by atoms with Gasteiger partial charge in [-0.05, 0) is 76.3 Å². The molecule has 168 valence electrons. The first-order valence-corrected chi connectivity index (χ1v) is 10.8. The molecule has 0 saturated carbocycles. The van der Waals surface area contributed by atoms with Gasteiger partial charge in [0.1, 0.15) is 18.1 Å². The van der Waals surface area contributed by atoms with E-state index >= 15 is 0 Å². The second-order valence-electron chi connectivity index (χ2n) is 9.24. The molecule has 0 spiro atoms. The van der Waals surface area contributed by atoms with Crippen LogP contribution in [-0.4, -0.2) is 47.7 Å². The Morgan fingerprint density at radius 1 is 1.03 bits per heavy atom. The molecule has 0 radical (unpaired) electrons. The smallest absolute Gasteiger partial charge is 0.494 e. The number of aryl methyl sites for hydroxylation is 1. The molecular formula is C24H34BNO5. The molecule has 1 heterocycles. The summed E-state index contributed by atoms with van der Waals surface area (Å²) in [7, 11) is -0.387. The fraction of sp³-hybridized carbons (Fsp3) is 0.500. The molecule has 2 atom stereocenters. The van der Waals surface area contributed by atoms with E-state index in [9.17, 15) is 10.2 Å². The molecule has 1 aliphatic heterocycles. The summed E-state index contributed by atoms with van der Waals surface area (Å²) in [4.78, 5) is 0. The van der Waals surface area contributed by atoms with E-state index in [-0.39, 0.29) is 30.1 Å². The molecule has 31 heavy (non-hydrogen) atoms. The molecular weight excluding hydrogens is 393 g/mol. The summed E-state index contributed by atoms with van der Waals surface area (Å²) in [5.74, 6) is 0.999. The lowest BCUT2D eigenvalue weighted by Crippen LogP contribution is -2.41. The van der Waals surface area contributed by atoms with Crippen LogP contribution in [0.1, 0.15) is 51.8 Å². The van der Waals surface area contributed by atoms with E-state index in [2.05, 4.69) is 5.32 Å². The lowest BCUT2D eigenvalue weighted by Gasteiger charge is -2.32. The Morgan fingerprint density at radius 2 is 1.65 bits per heavy atom. The fourth-order valence-electron chi connectivity index (χ4n) is 3.48. The molecule has 0 unspecified atom stereocenters. The minimum Gasteiger partial charge on any atom is -0.508 e. The third-order valence-electron chi connectivity index (χ3n) is 6.26. The van der Waals surface area contributed by atoms with E-state index < -0.39 is 6.10 Å². The Balaban J connectivity index is 1.49. The standard InChI is InChI=1S/C24H34BNO5/c1-16-15-19(25-30-23(3,4)24(5,6)31-25)9-12-21(16)29-14-13-26-17(2)22(28)18-7-10-20(27)11-8-18/h7-12,15,17,22,26-28H,13-14H2,1-6H3/t17-,22-/m0/s1. The number of hydrogen-bond donors (Lipinski definition) is 3. The van der Waals surface area contributed by atoms with Crippen LogP contribution < -0.4 is 15.5 Å². The van der Waals surface area contributed by atoms with Gasteiger partial charge in [-0.15, -0.1) is 0 Å². The SMILES string of the molecule is Cc1cc(B2OC(C)(C)C(C)(C)O2)ccc1OCCN[C@@H](C)[C@H](O)c1ccc(O)cc1. The highest BCUT2D eigenvalue weighted by atomic mass is 16.7. The number of phenolic OH excluding ortho intramolecular Hbond substituents is 1. The van der Waals surface area contributed by atoms with Crippen molar-refractivity contribution in [2.75, 3.05) is 13.2 Å². The van der Waals surface area contributed by atoms with E-state index in [1.165, 1.54) is 0 Å². The van der Waals surface area contributed by atoms with Crippen molar-refractivity contribution in [3.63, 3.8) is 0 Å². The lowest BCUT2D eigenvalue weighted by atomic mass is 9.78. The average molecular weight is 427 g/mol. The zero-order valence-corrected chi connectivity index (χ0v) is 19.3. The van der Waals surface area contributed by atoms with Crippen LogP contribution in [0.3, 0.4) is 0 Å². The first-order chi connectivity index (χ1) is 14.5. The number of benzene rings is 2. The molecule has 1 aliphatic rings. The molecule has 3 rings (SSSR count). The van der Waals surface area contributed by atoms with E-state index in [1.54, 1.807) is 24.3 Å². The molecule has 6 nitrogen and oxygen atoms in total. The van der Waals surface area contributed by atoms with Gasteiger partial charge in [-0.1, -0.05) is 24.3 Å². The summed E-state index contributed by atoms with van der Waals surface area (Å²) in [5, 5.41) is 23.1. The van der Waals surface area contributed by atoms with Crippen molar-refractivity contribution in [2.24, 2.45) is 0 Å². The van der Waals surface area contributed by atoms with Gasteiger partial charge in [-0.3, -0.25) is 0 Å². The Morgan fingerprint density at radius 3 is 2.23 bits per heavy atom. The topological polar surface area (TPSA) is 80.2 Å². The summed E-state index contributed by atoms with van der Waals surface area (Å²) in [6.07, 6.45) is -0.665. The summed E-state index contributed by atoms with van der Waals surface area (Å²) < 4.78 is 18.2. The number of ether oxygens (including phenoxy) is 1. The van der Waals surface area contributed by atoms with Crippen molar-refractivity contribution in [1.29, 1.82) is 0 Å². The molecule has 0 amide bonds. The molecule has 2 aromatic rings. The van der Waals surface area contributed by atoms with Gasteiger partial charge in [0, 0.05) is 12.6 Å². The van der Waals surface area contributed by atoms with Crippen molar-refractivity contribution in [3.05, 3.63) is 53.6 Å². The summed E-state index contributed by atoms with van der Waals surface area (Å²) in [6.45, 7) is 13.2. The van der Waals surface area contributed by atoms with Crippen LogP contribution in [-0.2, 0) is 9.31 Å². The third-order valence-corrected chi connectivity index (χ3v) is 6.26. The second-order valence-corrected chi connectivity index (χ2v) is 9.24. The predicted octanol–water partition coefficient (Wildman–Crippen LogP) is 3.09. The molecule has 1 fully saturated rings. The van der Waals surface area contributed by atoms with Gasteiger partial charge in [0.15, 0.2) is 0 Å². The van der Waals surface area contributed by atoms with E-state index in [1.807, 2.05) is 59.7 Å². The van der Waals surface area contributed by atoms with Crippen molar-refractivity contribution in [3.8, 4) is 11.5 Å². The molecule has 3 N–H and O–H groups in total. The van der Waals surface area contributed by atoms with Crippen molar-refractivity contribution < 1.29 is 24.3 Å². The largest absolute Gasteiger partial charge is 0.508 e. The highest BCUT2D eigenvalue weighted by molar-refractivity contribution is 6.62. The van der Waals surface area contributed by atoms with Crippen molar-refractivity contribution >= 4 is 12.6 Å². The molecule has 0 aromatic heterocycles. The van der Waals surface area contributed by atoms with Crippen molar-refractivity contribution in [2.45, 2.75) is 64.9 Å². The van der Waals surface area contributed by atoms with Gasteiger partial charge in [0.2, 0.25) is 0 Å². The number of hydrogen-bond acceptors (Lipinski definition) is 6. The molecule has 0 aliphatic carbocycles. The molecule has 2 aromatic carbocycles. The molecule has 7 heteroatoms. The Kier molecular flexibility index (Phi) is 7.01. The monoisotopic (exact) mass is 427 g/mol. The van der Waals surface area contributed by atoms with Crippen LogP contribution in [0.5, 0.6) is 11.5 Å². The van der Waals surface area contributed by atoms with Crippen LogP contribution in [0.2, 0.25) is 0 Å². The maximum atomic E-state index is 10.4. The van der Waals surface area contributed by atoms with E-state index in [0.717, 1.165) is 22.3 Å². The minimum atomic E-state index is -0.665. The fourth-order valence-corrected chi connectivity index (χ4v) is 3.48. The Labute approximate surface area is 185 Å². The maximum absolute atomic E-state index is 10.4. The Bertz CT molecular complexity index is 868. The number of aliphatic hydroxyl groups excluding tert-OH is 1. The van der Waals surface area contributed by atoms with E-state index in [0.29, 0.717) is 13.2 Å². The zero-order valence-electron chi connectivity index (χ0n) is 19.3. The summed E-state index contributed by atoms with van der Waals surface area (Å²) in [6, 6.07) is 12.4. The first kappa shape index (κ1) is 23.6. The van der Waals surface area contributed by atoms with Gasteiger partial charge in [-0.25, -0.2) is 0 Å². The van der Waals surface area contributed by atoms with E-state index in [4.69, 9.17) is 14.0 Å². The highest BCUT2D eigenvalue weighted by Crippen LogP contribution is 2.36. The minimum absolute atomic E-state index is 0.153. The predicted molar refractivity (Wildman–Crippen MR) is 123 cm³/mol. The van der Waals surface area contributed by atoms with Crippen LogP contribution in [0.15, 0.2) is 42.5 Å². The normalized spacial score (nSPS) is 19.3. The first-order valence-electron chi connectivity index (χ1n) is 10.8. The summed E-state index contributed by atoms with van der Waals surface area (Å²) in [5.41, 5.74) is 2.02. The number of aromatic hydroxyl groups is 1. The maximum Gasteiger partial charge on any atom is 0.494 e. The van der Waals surface area contributed by atoms with Crippen molar-refractivity contribution in [1.82, 2.24) is 5.32 Å². The van der Waals surface area contributed by atoms with Crippen LogP contribution >= 0.6 is 0 Å². The Hall–Kier alpha value is -2.06. The lowest BCUT2D eigenvalue weighted by molar-refractivity contribution is 0.00578. The molecule has 0 bridgehead atoms. The van der Waals surface area contributed by atoms with Gasteiger partial charge < -0.3 is 29.6 Å². The highest BCUT2D eigenvalue weighted by Gasteiger charge is 2.51. The molecule has 1 saturated heterocycles. The summed E-state index contributed by atoms with van der Waals surface area (Å²) >= 11 is 0. The quantitative estimate of drug-likeness (QED) is 0.444. The number of rotatable bonds is 8. The number of aliphatic hydroxyl groups is 1. The van der Waals surface area contributed by atoms with Gasteiger partial charge >= 0.3 is 7.12 Å². The van der Waals surface area contributed by atoms with Gasteiger partial charge in [0.05, 0.1) is 17.3 Å². The van der Waals surface area contributed by atoms with Crippen LogP contribution in [0, 0.1) is 6.92 Å². The van der Waals surface area contributed by atoms with Crippen LogP contribution in [0.4, 0.5) is 0 Å². The third kappa shape index (κ3) is 5.41. The van der Waals surface area contributed by atoms with Gasteiger partial charge in [0.25, 0.3) is 0 Å². The zero-order chi connectivity index (χ0) is 22.8.